The van der Waals surface area contributed by atoms with Crippen LogP contribution in [-0.4, -0.2) is 45.2 Å². The molecular weight excluding hydrogens is 346 g/mol. The number of pyridine rings is 1. The monoisotopic (exact) mass is 369 g/mol. The third-order valence-corrected chi connectivity index (χ3v) is 5.37. The number of carbonyl (C=O) groups excluding carboxylic acids is 1. The minimum Gasteiger partial charge on any atom is -0.474 e. The Hall–Kier alpha value is -2.90. The first kappa shape index (κ1) is 17.5. The molecule has 142 valence electrons. The van der Waals surface area contributed by atoms with E-state index in [-0.39, 0.29) is 17.6 Å². The van der Waals surface area contributed by atoms with Crippen LogP contribution in [0.1, 0.15) is 36.5 Å². The summed E-state index contributed by atoms with van der Waals surface area (Å²) in [6, 6.07) is 1.99. The van der Waals surface area contributed by atoms with Gasteiger partial charge in [-0.05, 0) is 18.1 Å². The lowest BCUT2D eigenvalue weighted by Gasteiger charge is -2.31. The number of carbonyl (C=O) groups is 1. The number of likely N-dealkylation sites (tertiary alicyclic amines) is 1. The highest BCUT2D eigenvalue weighted by atomic mass is 16.5. The highest BCUT2D eigenvalue weighted by Gasteiger charge is 2.25. The molecule has 0 aromatic carbocycles. The molecule has 2 aromatic heterocycles. The van der Waals surface area contributed by atoms with Crippen molar-refractivity contribution >= 4 is 11.6 Å². The number of aromatic nitrogens is 3. The quantitative estimate of drug-likeness (QED) is 0.879. The molecule has 0 aliphatic carbocycles. The molecule has 4 rings (SSSR count). The maximum absolute atomic E-state index is 11.8. The summed E-state index contributed by atoms with van der Waals surface area (Å²) < 4.78 is 6.06. The number of H-pyrrole nitrogens is 1. The summed E-state index contributed by atoms with van der Waals surface area (Å²) in [7, 11) is 0. The van der Waals surface area contributed by atoms with Gasteiger partial charge < -0.3 is 14.5 Å². The van der Waals surface area contributed by atoms with E-state index in [2.05, 4.69) is 20.1 Å². The van der Waals surface area contributed by atoms with Crippen LogP contribution in [0.5, 0.6) is 5.88 Å². The molecule has 0 bridgehead atoms. The van der Waals surface area contributed by atoms with Gasteiger partial charge in [0.15, 0.2) is 0 Å². The zero-order chi connectivity index (χ0) is 19.0. The van der Waals surface area contributed by atoms with Crippen LogP contribution in [0, 0.1) is 6.92 Å². The Morgan fingerprint density at radius 3 is 2.70 bits per heavy atom. The van der Waals surface area contributed by atoms with Crippen molar-refractivity contribution in [3.8, 4) is 5.88 Å². The summed E-state index contributed by atoms with van der Waals surface area (Å²) in [5.74, 6) is 0.742. The Labute approximate surface area is 157 Å². The Balaban J connectivity index is 1.44. The van der Waals surface area contributed by atoms with Gasteiger partial charge in [0.05, 0.1) is 11.9 Å². The Morgan fingerprint density at radius 2 is 1.96 bits per heavy atom. The molecule has 1 amide bonds. The Morgan fingerprint density at radius 1 is 1.22 bits per heavy atom. The highest BCUT2D eigenvalue weighted by molar-refractivity contribution is 5.73. The molecule has 4 heterocycles. The van der Waals surface area contributed by atoms with E-state index in [4.69, 9.17) is 4.74 Å². The molecule has 0 atom stereocenters. The van der Waals surface area contributed by atoms with Gasteiger partial charge in [-0.1, -0.05) is 0 Å². The second-order valence-electron chi connectivity index (χ2n) is 7.18. The van der Waals surface area contributed by atoms with E-state index in [9.17, 15) is 9.59 Å². The maximum Gasteiger partial charge on any atom is 0.269 e. The van der Waals surface area contributed by atoms with Gasteiger partial charge in [0.2, 0.25) is 11.8 Å². The molecule has 0 spiro atoms. The summed E-state index contributed by atoms with van der Waals surface area (Å²) in [6.07, 6.45) is 5.27. The summed E-state index contributed by atoms with van der Waals surface area (Å²) in [5.41, 5.74) is 3.63. The summed E-state index contributed by atoms with van der Waals surface area (Å²) in [4.78, 5) is 31.7. The van der Waals surface area contributed by atoms with Crippen molar-refractivity contribution in [1.82, 2.24) is 20.1 Å². The van der Waals surface area contributed by atoms with Crippen LogP contribution >= 0.6 is 0 Å². The number of amides is 1. The number of rotatable bonds is 3. The first-order valence-corrected chi connectivity index (χ1v) is 9.20. The molecule has 2 aliphatic heterocycles. The van der Waals surface area contributed by atoms with E-state index in [1.807, 2.05) is 17.2 Å². The minimum atomic E-state index is -0.164. The van der Waals surface area contributed by atoms with Crippen LogP contribution in [0.2, 0.25) is 0 Å². The van der Waals surface area contributed by atoms with Crippen molar-refractivity contribution in [2.45, 2.75) is 45.9 Å². The fourth-order valence-electron chi connectivity index (χ4n) is 3.72. The van der Waals surface area contributed by atoms with Gasteiger partial charge in [-0.25, -0.2) is 10.1 Å². The second-order valence-corrected chi connectivity index (χ2v) is 7.18. The fraction of sp³-hybridized carbons (Fsp3) is 0.474. The molecular formula is C19H23N5O3. The Kier molecular flexibility index (Phi) is 4.55. The standard InChI is InChI=1S/C19H23N5O3/c1-12-17(9-21-22-19(12)26)24-10-14-7-18(20-8-15(14)11-24)27-16-3-5-23(6-4-16)13(2)25/h7-9,16H,3-6,10-11H2,1-2H3,(H,22,26). The molecule has 27 heavy (non-hydrogen) atoms. The first-order valence-electron chi connectivity index (χ1n) is 9.20. The van der Waals surface area contributed by atoms with E-state index in [1.165, 1.54) is 0 Å². The van der Waals surface area contributed by atoms with Gasteiger partial charge in [-0.3, -0.25) is 9.59 Å². The maximum atomic E-state index is 11.8. The number of nitrogens with zero attached hydrogens (tertiary/aromatic N) is 4. The van der Waals surface area contributed by atoms with Crippen molar-refractivity contribution in [1.29, 1.82) is 0 Å². The summed E-state index contributed by atoms with van der Waals surface area (Å²) in [6.45, 7) is 6.27. The van der Waals surface area contributed by atoms with E-state index in [1.54, 1.807) is 20.0 Å². The number of piperidine rings is 1. The smallest absolute Gasteiger partial charge is 0.269 e. The topological polar surface area (TPSA) is 91.4 Å². The molecule has 2 aromatic rings. The molecule has 0 unspecified atom stereocenters. The van der Waals surface area contributed by atoms with Crippen LogP contribution in [0.25, 0.3) is 0 Å². The molecule has 1 fully saturated rings. The average Bonchev–Trinajstić information content (AvgIpc) is 3.07. The number of nitrogens with one attached hydrogen (secondary N) is 1. The van der Waals surface area contributed by atoms with Gasteiger partial charge in [0, 0.05) is 63.8 Å². The third kappa shape index (κ3) is 3.51. The predicted molar refractivity (Wildman–Crippen MR) is 99.6 cm³/mol. The lowest BCUT2D eigenvalue weighted by molar-refractivity contribution is -0.130. The SMILES string of the molecule is CC(=O)N1CCC(Oc2cc3c(cn2)CN(c2cn[nH]c(=O)c2C)C3)CC1. The number of aromatic amines is 1. The van der Waals surface area contributed by atoms with Crippen molar-refractivity contribution in [2.75, 3.05) is 18.0 Å². The van der Waals surface area contributed by atoms with Crippen LogP contribution in [0.4, 0.5) is 5.69 Å². The lowest BCUT2D eigenvalue weighted by atomic mass is 10.1. The predicted octanol–water partition coefficient (Wildman–Crippen LogP) is 1.38. The molecule has 8 nitrogen and oxygen atoms in total. The highest BCUT2D eigenvalue weighted by Crippen LogP contribution is 2.30. The van der Waals surface area contributed by atoms with Crippen LogP contribution in [0.15, 0.2) is 23.3 Å². The van der Waals surface area contributed by atoms with E-state index in [0.29, 0.717) is 24.5 Å². The van der Waals surface area contributed by atoms with E-state index >= 15 is 0 Å². The third-order valence-electron chi connectivity index (χ3n) is 5.37. The largest absolute Gasteiger partial charge is 0.474 e. The number of hydrogen-bond acceptors (Lipinski definition) is 6. The van der Waals surface area contributed by atoms with Crippen LogP contribution in [0.3, 0.4) is 0 Å². The molecule has 2 aliphatic rings. The normalized spacial score (nSPS) is 17.1. The van der Waals surface area contributed by atoms with E-state index < -0.39 is 0 Å². The zero-order valence-electron chi connectivity index (χ0n) is 15.6. The van der Waals surface area contributed by atoms with Crippen LogP contribution in [-0.2, 0) is 17.9 Å². The molecule has 1 N–H and O–H groups in total. The van der Waals surface area contributed by atoms with Crippen molar-refractivity contribution < 1.29 is 9.53 Å². The Bertz CT molecular complexity index is 918. The average molecular weight is 369 g/mol. The van der Waals surface area contributed by atoms with Crippen molar-refractivity contribution in [3.63, 3.8) is 0 Å². The number of hydrogen-bond donors (Lipinski definition) is 1. The molecule has 0 saturated carbocycles. The van der Waals surface area contributed by atoms with Gasteiger partial charge in [0.1, 0.15) is 6.10 Å². The van der Waals surface area contributed by atoms with Crippen molar-refractivity contribution in [3.05, 3.63) is 45.5 Å². The lowest BCUT2D eigenvalue weighted by Crippen LogP contribution is -2.40. The van der Waals surface area contributed by atoms with Gasteiger partial charge in [0.25, 0.3) is 5.56 Å². The van der Waals surface area contributed by atoms with Gasteiger partial charge in [-0.2, -0.15) is 5.10 Å². The molecule has 0 radical (unpaired) electrons. The van der Waals surface area contributed by atoms with Gasteiger partial charge >= 0.3 is 0 Å². The summed E-state index contributed by atoms with van der Waals surface area (Å²) >= 11 is 0. The number of anilines is 1. The number of ether oxygens (including phenoxy) is 1. The second kappa shape index (κ2) is 7.02. The molecule has 1 saturated heterocycles. The fourth-order valence-corrected chi connectivity index (χ4v) is 3.72. The summed E-state index contributed by atoms with van der Waals surface area (Å²) in [5, 5.41) is 6.38. The molecule has 8 heteroatoms. The van der Waals surface area contributed by atoms with Gasteiger partial charge in [-0.15, -0.1) is 0 Å². The van der Waals surface area contributed by atoms with E-state index in [0.717, 1.165) is 42.7 Å². The zero-order valence-corrected chi connectivity index (χ0v) is 15.6. The number of fused-ring (bicyclic) bond motifs is 1. The minimum absolute atomic E-state index is 0.0859. The first-order chi connectivity index (χ1) is 13.0. The van der Waals surface area contributed by atoms with Crippen LogP contribution < -0.4 is 15.2 Å². The van der Waals surface area contributed by atoms with Crippen molar-refractivity contribution in [2.24, 2.45) is 0 Å².